The summed E-state index contributed by atoms with van der Waals surface area (Å²) in [6.45, 7) is 1.72. The van der Waals surface area contributed by atoms with Gasteiger partial charge in [-0.05, 0) is 36.6 Å². The van der Waals surface area contributed by atoms with Crippen molar-refractivity contribution in [3.8, 4) is 0 Å². The number of urea groups is 1. The number of aromatic amines is 1. The van der Waals surface area contributed by atoms with Gasteiger partial charge in [0.1, 0.15) is 12.6 Å². The summed E-state index contributed by atoms with van der Waals surface area (Å²) in [5.41, 5.74) is 3.91. The van der Waals surface area contributed by atoms with E-state index in [2.05, 4.69) is 10.3 Å². The summed E-state index contributed by atoms with van der Waals surface area (Å²) in [5.74, 6) is -0.609. The van der Waals surface area contributed by atoms with Crippen LogP contribution in [0.1, 0.15) is 18.1 Å². The molecule has 2 aliphatic heterocycles. The zero-order valence-electron chi connectivity index (χ0n) is 16.6. The van der Waals surface area contributed by atoms with Crippen LogP contribution in [0.4, 0.5) is 10.5 Å². The van der Waals surface area contributed by atoms with Crippen LogP contribution in [-0.4, -0.2) is 46.4 Å². The minimum Gasteiger partial charge on any atom is -0.361 e. The molecular formula is C23H22N4O3. The molecule has 3 heterocycles. The monoisotopic (exact) mass is 402 g/mol. The third-order valence-electron chi connectivity index (χ3n) is 5.98. The van der Waals surface area contributed by atoms with Crippen molar-refractivity contribution in [3.63, 3.8) is 0 Å². The molecule has 0 aliphatic carbocycles. The van der Waals surface area contributed by atoms with Crippen molar-refractivity contribution in [1.82, 2.24) is 15.2 Å². The number of fused-ring (bicyclic) bond motifs is 2. The Kier molecular flexibility index (Phi) is 4.31. The fraction of sp³-hybridized carbons (Fsp3) is 0.261. The van der Waals surface area contributed by atoms with E-state index in [4.69, 9.17) is 0 Å². The number of H-pyrrole nitrogens is 1. The Morgan fingerprint density at radius 2 is 1.87 bits per heavy atom. The van der Waals surface area contributed by atoms with Crippen LogP contribution < -0.4 is 10.2 Å². The molecular weight excluding hydrogens is 380 g/mol. The highest BCUT2D eigenvalue weighted by atomic mass is 16.2. The quantitative estimate of drug-likeness (QED) is 0.658. The zero-order chi connectivity index (χ0) is 20.8. The number of amides is 4. The molecule has 5 rings (SSSR count). The Morgan fingerprint density at radius 3 is 2.73 bits per heavy atom. The van der Waals surface area contributed by atoms with E-state index in [-0.39, 0.29) is 24.4 Å². The molecule has 1 aromatic heterocycles. The number of benzene rings is 2. The lowest BCUT2D eigenvalue weighted by Gasteiger charge is -2.24. The summed E-state index contributed by atoms with van der Waals surface area (Å²) in [6.07, 6.45) is 3.01. The molecule has 0 radical (unpaired) electrons. The number of anilines is 1. The molecule has 0 unspecified atom stereocenters. The Bertz CT molecular complexity index is 1170. The van der Waals surface area contributed by atoms with Gasteiger partial charge in [-0.2, -0.15) is 0 Å². The van der Waals surface area contributed by atoms with Gasteiger partial charge in [0.15, 0.2) is 0 Å². The van der Waals surface area contributed by atoms with E-state index in [0.29, 0.717) is 6.42 Å². The van der Waals surface area contributed by atoms with Crippen LogP contribution in [0.5, 0.6) is 0 Å². The number of para-hydroxylation sites is 2. The first-order valence-electron chi connectivity index (χ1n) is 10.1. The van der Waals surface area contributed by atoms with Crippen molar-refractivity contribution in [3.05, 3.63) is 65.9 Å². The summed E-state index contributed by atoms with van der Waals surface area (Å²) in [7, 11) is 0. The van der Waals surface area contributed by atoms with Gasteiger partial charge in [-0.3, -0.25) is 14.5 Å². The van der Waals surface area contributed by atoms with Gasteiger partial charge in [0, 0.05) is 35.2 Å². The average molecular weight is 402 g/mol. The number of hydrogen-bond donors (Lipinski definition) is 2. The molecule has 7 nitrogen and oxygen atoms in total. The number of carbonyl (C=O) groups is 3. The molecule has 2 N–H and O–H groups in total. The highest BCUT2D eigenvalue weighted by Crippen LogP contribution is 2.32. The van der Waals surface area contributed by atoms with Crippen LogP contribution in [0, 0.1) is 0 Å². The minimum absolute atomic E-state index is 0.00214. The summed E-state index contributed by atoms with van der Waals surface area (Å²) >= 11 is 0. The number of nitrogens with one attached hydrogen (secondary N) is 2. The molecule has 0 bridgehead atoms. The van der Waals surface area contributed by atoms with Crippen molar-refractivity contribution in [2.75, 3.05) is 11.4 Å². The summed E-state index contributed by atoms with van der Waals surface area (Å²) in [4.78, 5) is 44.3. The lowest BCUT2D eigenvalue weighted by Crippen LogP contribution is -2.45. The normalized spacial score (nSPS) is 20.7. The number of aromatic nitrogens is 1. The smallest absolute Gasteiger partial charge is 0.325 e. The van der Waals surface area contributed by atoms with E-state index in [1.807, 2.05) is 61.7 Å². The van der Waals surface area contributed by atoms with Gasteiger partial charge in [0.2, 0.25) is 5.91 Å². The van der Waals surface area contributed by atoms with Gasteiger partial charge in [-0.25, -0.2) is 4.79 Å². The highest BCUT2D eigenvalue weighted by molar-refractivity contribution is 6.09. The summed E-state index contributed by atoms with van der Waals surface area (Å²) in [6, 6.07) is 14.4. The molecule has 0 spiro atoms. The predicted molar refractivity (Wildman–Crippen MR) is 113 cm³/mol. The van der Waals surface area contributed by atoms with Crippen molar-refractivity contribution in [2.45, 2.75) is 31.8 Å². The van der Waals surface area contributed by atoms with Crippen LogP contribution in [0.2, 0.25) is 0 Å². The zero-order valence-corrected chi connectivity index (χ0v) is 16.6. The van der Waals surface area contributed by atoms with E-state index in [0.717, 1.165) is 39.0 Å². The minimum atomic E-state index is -0.673. The van der Waals surface area contributed by atoms with E-state index >= 15 is 0 Å². The second-order valence-electron chi connectivity index (χ2n) is 7.94. The first kappa shape index (κ1) is 18.4. The topological polar surface area (TPSA) is 85.5 Å². The van der Waals surface area contributed by atoms with Crippen molar-refractivity contribution in [1.29, 1.82) is 0 Å². The van der Waals surface area contributed by atoms with Crippen LogP contribution >= 0.6 is 0 Å². The standard InChI is InChI=1S/C23H22N4O3/c1-14-10-15-6-2-5-9-20(15)27(14)21(28)13-26-22(29)19(25-23(26)30)11-16-12-24-18-8-4-3-7-17(16)18/h2-9,12,14,19,24H,10-11,13H2,1H3,(H,25,30)/t14-,19-/m1/s1. The first-order chi connectivity index (χ1) is 14.5. The van der Waals surface area contributed by atoms with Crippen LogP contribution in [0.25, 0.3) is 10.9 Å². The van der Waals surface area contributed by atoms with Crippen molar-refractivity contribution < 1.29 is 14.4 Å². The maximum Gasteiger partial charge on any atom is 0.325 e. The molecule has 2 aromatic carbocycles. The third-order valence-corrected chi connectivity index (χ3v) is 5.98. The molecule has 1 fully saturated rings. The maximum atomic E-state index is 13.0. The van der Waals surface area contributed by atoms with Crippen LogP contribution in [0.15, 0.2) is 54.7 Å². The van der Waals surface area contributed by atoms with E-state index in [9.17, 15) is 14.4 Å². The number of carbonyl (C=O) groups excluding carboxylic acids is 3. The molecule has 2 atom stereocenters. The first-order valence-corrected chi connectivity index (χ1v) is 10.1. The second-order valence-corrected chi connectivity index (χ2v) is 7.94. The number of nitrogens with zero attached hydrogens (tertiary/aromatic N) is 2. The Morgan fingerprint density at radius 1 is 1.10 bits per heavy atom. The molecule has 30 heavy (non-hydrogen) atoms. The Labute approximate surface area is 173 Å². The van der Waals surface area contributed by atoms with Gasteiger partial charge < -0.3 is 15.2 Å². The Hall–Kier alpha value is -3.61. The van der Waals surface area contributed by atoms with Crippen molar-refractivity contribution in [2.24, 2.45) is 0 Å². The predicted octanol–water partition coefficient (Wildman–Crippen LogP) is 2.61. The van der Waals surface area contributed by atoms with Crippen LogP contribution in [0.3, 0.4) is 0 Å². The fourth-order valence-electron chi connectivity index (χ4n) is 4.54. The van der Waals surface area contributed by atoms with Gasteiger partial charge in [-0.1, -0.05) is 36.4 Å². The summed E-state index contributed by atoms with van der Waals surface area (Å²) in [5, 5.41) is 3.76. The average Bonchev–Trinajstić information content (AvgIpc) is 3.38. The van der Waals surface area contributed by atoms with E-state index in [1.165, 1.54) is 0 Å². The van der Waals surface area contributed by atoms with Gasteiger partial charge in [0.05, 0.1) is 0 Å². The highest BCUT2D eigenvalue weighted by Gasteiger charge is 2.41. The molecule has 2 aliphatic rings. The van der Waals surface area contributed by atoms with Crippen LogP contribution in [-0.2, 0) is 22.4 Å². The van der Waals surface area contributed by atoms with Gasteiger partial charge >= 0.3 is 6.03 Å². The molecule has 7 heteroatoms. The fourth-order valence-corrected chi connectivity index (χ4v) is 4.54. The molecule has 152 valence electrons. The van der Waals surface area contributed by atoms with E-state index in [1.54, 1.807) is 4.90 Å². The SMILES string of the molecule is C[C@@H]1Cc2ccccc2N1C(=O)CN1C(=O)N[C@H](Cc2c[nH]c3ccccc23)C1=O. The molecule has 4 amide bonds. The lowest BCUT2D eigenvalue weighted by atomic mass is 10.1. The van der Waals surface area contributed by atoms with Crippen molar-refractivity contribution >= 4 is 34.4 Å². The maximum absolute atomic E-state index is 13.0. The molecule has 0 saturated carbocycles. The number of hydrogen-bond acceptors (Lipinski definition) is 3. The number of imide groups is 1. The van der Waals surface area contributed by atoms with Gasteiger partial charge in [-0.15, -0.1) is 0 Å². The number of rotatable bonds is 4. The second kappa shape index (κ2) is 7.02. The Balaban J connectivity index is 1.32. The van der Waals surface area contributed by atoms with E-state index < -0.39 is 12.1 Å². The molecule has 1 saturated heterocycles. The molecule has 3 aromatic rings. The lowest BCUT2D eigenvalue weighted by molar-refractivity contribution is -0.131. The third kappa shape index (κ3) is 2.94. The largest absolute Gasteiger partial charge is 0.361 e. The summed E-state index contributed by atoms with van der Waals surface area (Å²) < 4.78 is 0. The van der Waals surface area contributed by atoms with Gasteiger partial charge in [0.25, 0.3) is 5.91 Å².